The van der Waals surface area contributed by atoms with Gasteiger partial charge < -0.3 is 5.11 Å². The van der Waals surface area contributed by atoms with Gasteiger partial charge in [0.2, 0.25) is 0 Å². The van der Waals surface area contributed by atoms with Crippen molar-refractivity contribution < 1.29 is 22.7 Å². The number of hydrogen-bond donors (Lipinski definition) is 1. The molecule has 1 aromatic carbocycles. The van der Waals surface area contributed by atoms with Crippen LogP contribution in [0.1, 0.15) is 17.2 Å². The van der Waals surface area contributed by atoms with E-state index in [1.54, 1.807) is 0 Å². The highest BCUT2D eigenvalue weighted by atomic mass is 19.4. The lowest BCUT2D eigenvalue weighted by Crippen LogP contribution is -2.07. The Hall–Kier alpha value is -1.10. The summed E-state index contributed by atoms with van der Waals surface area (Å²) < 4.78 is 48.4. The fourth-order valence-electron chi connectivity index (χ4n) is 1.01. The molecule has 78 valence electrons. The van der Waals surface area contributed by atoms with E-state index in [9.17, 15) is 17.6 Å². The molecule has 0 aromatic heterocycles. The van der Waals surface area contributed by atoms with Crippen LogP contribution in [-0.4, -0.2) is 11.8 Å². The van der Waals surface area contributed by atoms with Gasteiger partial charge in [0.15, 0.2) is 0 Å². The van der Waals surface area contributed by atoms with Gasteiger partial charge in [-0.1, -0.05) is 12.1 Å². The van der Waals surface area contributed by atoms with Crippen molar-refractivity contribution in [2.24, 2.45) is 0 Å². The van der Waals surface area contributed by atoms with Gasteiger partial charge in [-0.25, -0.2) is 4.39 Å². The Morgan fingerprint density at radius 3 is 2.43 bits per heavy atom. The molecule has 0 aliphatic carbocycles. The van der Waals surface area contributed by atoms with Crippen LogP contribution < -0.4 is 0 Å². The third-order valence-corrected chi connectivity index (χ3v) is 1.74. The third-order valence-electron chi connectivity index (χ3n) is 1.74. The first-order valence-corrected chi connectivity index (χ1v) is 3.86. The van der Waals surface area contributed by atoms with Gasteiger partial charge in [0.1, 0.15) is 12.8 Å². The van der Waals surface area contributed by atoms with Crippen molar-refractivity contribution in [3.63, 3.8) is 0 Å². The van der Waals surface area contributed by atoms with Crippen LogP contribution in [0.25, 0.3) is 0 Å². The molecule has 1 nitrogen and oxygen atoms in total. The highest BCUT2D eigenvalue weighted by Gasteiger charge is 2.30. The molecule has 0 fully saturated rings. The molecule has 0 unspecified atom stereocenters. The van der Waals surface area contributed by atoms with E-state index in [-0.39, 0.29) is 5.56 Å². The van der Waals surface area contributed by atoms with E-state index >= 15 is 0 Å². The van der Waals surface area contributed by atoms with Gasteiger partial charge in [-0.3, -0.25) is 0 Å². The van der Waals surface area contributed by atoms with E-state index in [4.69, 9.17) is 5.11 Å². The van der Waals surface area contributed by atoms with E-state index in [1.165, 1.54) is 6.07 Å². The third kappa shape index (κ3) is 2.45. The van der Waals surface area contributed by atoms with Crippen molar-refractivity contribution in [3.8, 4) is 0 Å². The predicted octanol–water partition coefficient (Wildman–Crippen LogP) is 2.71. The summed E-state index contributed by atoms with van der Waals surface area (Å²) in [7, 11) is 0. The Bertz CT molecular complexity index is 308. The summed E-state index contributed by atoms with van der Waals surface area (Å²) in [5, 5.41) is 8.98. The molecule has 5 heteroatoms. The lowest BCUT2D eigenvalue weighted by molar-refractivity contribution is -0.137. The van der Waals surface area contributed by atoms with E-state index in [0.717, 1.165) is 18.2 Å². The van der Waals surface area contributed by atoms with Gasteiger partial charge in [-0.2, -0.15) is 13.2 Å². The Kier molecular flexibility index (Phi) is 3.10. The second-order valence-corrected chi connectivity index (χ2v) is 2.79. The normalized spacial score (nSPS) is 14.1. The Morgan fingerprint density at radius 1 is 1.29 bits per heavy atom. The summed E-state index contributed by atoms with van der Waals surface area (Å²) in [5.74, 6) is 0. The van der Waals surface area contributed by atoms with Crippen molar-refractivity contribution in [3.05, 3.63) is 35.4 Å². The molecule has 0 aliphatic heterocycles. The standard InChI is InChI=1S/C9H8F4O/c10-5-8(14)6-2-1-3-7(4-6)9(11,12)13/h1-4,8,14H,5H2/t8-/m0/s1. The van der Waals surface area contributed by atoms with Gasteiger partial charge in [0.25, 0.3) is 0 Å². The van der Waals surface area contributed by atoms with Crippen molar-refractivity contribution in [2.45, 2.75) is 12.3 Å². The van der Waals surface area contributed by atoms with Crippen LogP contribution in [0.15, 0.2) is 24.3 Å². The minimum Gasteiger partial charge on any atom is -0.386 e. The lowest BCUT2D eigenvalue weighted by Gasteiger charge is -2.10. The van der Waals surface area contributed by atoms with Crippen molar-refractivity contribution in [1.29, 1.82) is 0 Å². The molecule has 0 saturated carbocycles. The smallest absolute Gasteiger partial charge is 0.386 e. The molecule has 0 amide bonds. The van der Waals surface area contributed by atoms with Crippen LogP contribution in [-0.2, 0) is 6.18 Å². The van der Waals surface area contributed by atoms with Crippen LogP contribution in [0, 0.1) is 0 Å². The average Bonchev–Trinajstić information content (AvgIpc) is 2.15. The Balaban J connectivity index is 3.01. The van der Waals surface area contributed by atoms with Crippen molar-refractivity contribution in [2.75, 3.05) is 6.67 Å². The maximum atomic E-state index is 12.2. The van der Waals surface area contributed by atoms with Crippen LogP contribution in [0.5, 0.6) is 0 Å². The van der Waals surface area contributed by atoms with E-state index in [1.807, 2.05) is 0 Å². The minimum atomic E-state index is -4.47. The van der Waals surface area contributed by atoms with Gasteiger partial charge in [0.05, 0.1) is 5.56 Å². The van der Waals surface area contributed by atoms with E-state index in [0.29, 0.717) is 0 Å². The first kappa shape index (κ1) is 11.0. The summed E-state index contributed by atoms with van der Waals surface area (Å²) in [6.07, 6.45) is -5.95. The van der Waals surface area contributed by atoms with Gasteiger partial charge >= 0.3 is 6.18 Å². The van der Waals surface area contributed by atoms with Crippen LogP contribution in [0.4, 0.5) is 17.6 Å². The SMILES string of the molecule is O[C@@H](CF)c1cccc(C(F)(F)F)c1. The molecule has 1 N–H and O–H groups in total. The number of rotatable bonds is 2. The zero-order valence-electron chi connectivity index (χ0n) is 7.05. The first-order chi connectivity index (χ1) is 6.45. The highest BCUT2D eigenvalue weighted by Crippen LogP contribution is 2.30. The zero-order valence-corrected chi connectivity index (χ0v) is 7.05. The van der Waals surface area contributed by atoms with Gasteiger partial charge in [-0.05, 0) is 17.7 Å². The topological polar surface area (TPSA) is 20.2 Å². The zero-order chi connectivity index (χ0) is 10.8. The summed E-state index contributed by atoms with van der Waals surface area (Å²) in [5.41, 5.74) is -0.954. The van der Waals surface area contributed by atoms with E-state index < -0.39 is 24.5 Å². The van der Waals surface area contributed by atoms with Crippen molar-refractivity contribution >= 4 is 0 Å². The van der Waals surface area contributed by atoms with Crippen LogP contribution in [0.3, 0.4) is 0 Å². The van der Waals surface area contributed by atoms with Crippen molar-refractivity contribution in [1.82, 2.24) is 0 Å². The minimum absolute atomic E-state index is 0.0673. The Morgan fingerprint density at radius 2 is 1.93 bits per heavy atom. The average molecular weight is 208 g/mol. The summed E-state index contributed by atoms with van der Waals surface area (Å²) in [6.45, 7) is -1.10. The second kappa shape index (κ2) is 3.96. The van der Waals surface area contributed by atoms with Crippen LogP contribution >= 0.6 is 0 Å². The maximum absolute atomic E-state index is 12.2. The molecule has 1 rings (SSSR count). The molecule has 0 radical (unpaired) electrons. The fraction of sp³-hybridized carbons (Fsp3) is 0.333. The number of aliphatic hydroxyl groups excluding tert-OH is 1. The molecular weight excluding hydrogens is 200 g/mol. The molecule has 0 saturated heterocycles. The quantitative estimate of drug-likeness (QED) is 0.741. The lowest BCUT2D eigenvalue weighted by atomic mass is 10.1. The number of hydrogen-bond acceptors (Lipinski definition) is 1. The van der Waals surface area contributed by atoms with Gasteiger partial charge in [-0.15, -0.1) is 0 Å². The Labute approximate surface area is 78.0 Å². The first-order valence-electron chi connectivity index (χ1n) is 3.86. The number of aliphatic hydroxyl groups is 1. The highest BCUT2D eigenvalue weighted by molar-refractivity contribution is 5.27. The largest absolute Gasteiger partial charge is 0.416 e. The van der Waals surface area contributed by atoms with Crippen LogP contribution in [0.2, 0.25) is 0 Å². The molecule has 1 atom stereocenters. The molecule has 0 bridgehead atoms. The monoisotopic (exact) mass is 208 g/mol. The second-order valence-electron chi connectivity index (χ2n) is 2.79. The molecule has 14 heavy (non-hydrogen) atoms. The maximum Gasteiger partial charge on any atom is 0.416 e. The number of benzene rings is 1. The molecule has 0 aliphatic rings. The van der Waals surface area contributed by atoms with E-state index in [2.05, 4.69) is 0 Å². The summed E-state index contributed by atoms with van der Waals surface area (Å²) in [6, 6.07) is 4.00. The fourth-order valence-corrected chi connectivity index (χ4v) is 1.01. The molecular formula is C9H8F4O. The summed E-state index contributed by atoms with van der Waals surface area (Å²) in [4.78, 5) is 0. The summed E-state index contributed by atoms with van der Waals surface area (Å²) >= 11 is 0. The van der Waals surface area contributed by atoms with Gasteiger partial charge in [0, 0.05) is 0 Å². The molecule has 1 aromatic rings. The predicted molar refractivity (Wildman–Crippen MR) is 42.4 cm³/mol. The molecule has 0 spiro atoms. The number of halogens is 4. The molecule has 0 heterocycles. The number of alkyl halides is 4.